The van der Waals surface area contributed by atoms with E-state index in [1.165, 1.54) is 10.7 Å². The fourth-order valence-electron chi connectivity index (χ4n) is 2.36. The van der Waals surface area contributed by atoms with E-state index in [-0.39, 0.29) is 5.56 Å². The Balaban J connectivity index is 2.31. The first-order valence-electron chi connectivity index (χ1n) is 6.09. The lowest BCUT2D eigenvalue weighted by molar-refractivity contribution is 1.04. The Kier molecular flexibility index (Phi) is 2.37. The van der Waals surface area contributed by atoms with E-state index < -0.39 is 0 Å². The van der Waals surface area contributed by atoms with Crippen molar-refractivity contribution < 1.29 is 0 Å². The zero-order chi connectivity index (χ0) is 13.7. The van der Waals surface area contributed by atoms with Gasteiger partial charge in [-0.05, 0) is 30.3 Å². The second-order valence-electron chi connectivity index (χ2n) is 4.53. The van der Waals surface area contributed by atoms with Gasteiger partial charge in [0.1, 0.15) is 6.33 Å². The summed E-state index contributed by atoms with van der Waals surface area (Å²) in [5, 5.41) is 1.45. The number of nitrogens with zero attached hydrogens (tertiary/aromatic N) is 3. The summed E-state index contributed by atoms with van der Waals surface area (Å²) < 4.78 is 2.36. The van der Waals surface area contributed by atoms with Gasteiger partial charge in [-0.3, -0.25) is 4.79 Å². The normalized spacial score (nSPS) is 11.4. The molecule has 0 amide bonds. The van der Waals surface area contributed by atoms with Crippen LogP contribution in [-0.2, 0) is 0 Å². The third-order valence-corrected chi connectivity index (χ3v) is 3.81. The SMILES string of the molecule is O=c1c2cc(Br)ccc2nc2c3ccccc3ncn12. The van der Waals surface area contributed by atoms with Gasteiger partial charge in [0.25, 0.3) is 5.56 Å². The van der Waals surface area contributed by atoms with Crippen LogP contribution < -0.4 is 5.56 Å². The quantitative estimate of drug-likeness (QED) is 0.368. The molecule has 2 heterocycles. The maximum absolute atomic E-state index is 12.5. The van der Waals surface area contributed by atoms with E-state index in [9.17, 15) is 4.79 Å². The lowest BCUT2D eigenvalue weighted by Gasteiger charge is -2.06. The van der Waals surface area contributed by atoms with Crippen molar-refractivity contribution in [2.24, 2.45) is 0 Å². The Morgan fingerprint density at radius 1 is 1.00 bits per heavy atom. The fraction of sp³-hybridized carbons (Fsp3) is 0. The van der Waals surface area contributed by atoms with E-state index in [0.29, 0.717) is 16.6 Å². The Hall–Kier alpha value is -2.27. The van der Waals surface area contributed by atoms with Crippen molar-refractivity contribution in [2.45, 2.75) is 0 Å². The molecule has 4 aromatic rings. The first-order valence-corrected chi connectivity index (χ1v) is 6.89. The van der Waals surface area contributed by atoms with Gasteiger partial charge in [-0.25, -0.2) is 14.4 Å². The maximum atomic E-state index is 12.5. The van der Waals surface area contributed by atoms with Crippen LogP contribution in [0, 0.1) is 0 Å². The Morgan fingerprint density at radius 2 is 1.85 bits per heavy atom. The van der Waals surface area contributed by atoms with Crippen molar-refractivity contribution in [1.82, 2.24) is 14.4 Å². The van der Waals surface area contributed by atoms with Crippen molar-refractivity contribution in [1.29, 1.82) is 0 Å². The summed E-state index contributed by atoms with van der Waals surface area (Å²) in [6.07, 6.45) is 1.54. The molecule has 0 aliphatic heterocycles. The zero-order valence-corrected chi connectivity index (χ0v) is 11.8. The molecule has 0 atom stereocenters. The van der Waals surface area contributed by atoms with Crippen LogP contribution in [0.4, 0.5) is 0 Å². The molecule has 0 aliphatic carbocycles. The summed E-state index contributed by atoms with van der Waals surface area (Å²) in [7, 11) is 0. The molecule has 4 rings (SSSR count). The van der Waals surface area contributed by atoms with Gasteiger partial charge in [-0.15, -0.1) is 0 Å². The molecule has 0 radical (unpaired) electrons. The summed E-state index contributed by atoms with van der Waals surface area (Å²) in [5.74, 6) is 0. The number of halogens is 1. The maximum Gasteiger partial charge on any atom is 0.267 e. The highest BCUT2D eigenvalue weighted by Gasteiger charge is 2.09. The molecule has 0 aliphatic rings. The summed E-state index contributed by atoms with van der Waals surface area (Å²) in [6, 6.07) is 13.2. The van der Waals surface area contributed by atoms with E-state index >= 15 is 0 Å². The monoisotopic (exact) mass is 325 g/mol. The number of hydrogen-bond donors (Lipinski definition) is 0. The summed E-state index contributed by atoms with van der Waals surface area (Å²) in [4.78, 5) is 21.5. The Morgan fingerprint density at radius 3 is 2.75 bits per heavy atom. The van der Waals surface area contributed by atoms with Gasteiger partial charge >= 0.3 is 0 Å². The zero-order valence-electron chi connectivity index (χ0n) is 10.2. The molecule has 0 bridgehead atoms. The van der Waals surface area contributed by atoms with Crippen molar-refractivity contribution in [3.8, 4) is 0 Å². The first kappa shape index (κ1) is 11.5. The molecule has 0 saturated carbocycles. The Bertz CT molecular complexity index is 1040. The predicted molar refractivity (Wildman–Crippen MR) is 82.0 cm³/mol. The molecule has 5 heteroatoms. The van der Waals surface area contributed by atoms with Crippen LogP contribution in [0.5, 0.6) is 0 Å². The lowest BCUT2D eigenvalue weighted by Crippen LogP contribution is -2.16. The van der Waals surface area contributed by atoms with E-state index in [4.69, 9.17) is 0 Å². The number of hydrogen-bond acceptors (Lipinski definition) is 3. The number of para-hydroxylation sites is 1. The smallest absolute Gasteiger partial charge is 0.267 e. The van der Waals surface area contributed by atoms with Crippen molar-refractivity contribution in [3.63, 3.8) is 0 Å². The number of benzene rings is 2. The molecule has 96 valence electrons. The van der Waals surface area contributed by atoms with Gasteiger partial charge in [0.05, 0.1) is 16.4 Å². The number of aromatic nitrogens is 3. The van der Waals surface area contributed by atoms with Gasteiger partial charge in [0.2, 0.25) is 0 Å². The summed E-state index contributed by atoms with van der Waals surface area (Å²) >= 11 is 3.38. The minimum absolute atomic E-state index is 0.107. The standard InChI is InChI=1S/C15H8BrN3O/c16-9-5-6-13-11(7-9)15(20)19-8-17-12-4-2-1-3-10(12)14(19)18-13/h1-8H. The van der Waals surface area contributed by atoms with Gasteiger partial charge in [-0.2, -0.15) is 0 Å². The highest BCUT2D eigenvalue weighted by molar-refractivity contribution is 9.10. The average molecular weight is 326 g/mol. The van der Waals surface area contributed by atoms with Crippen molar-refractivity contribution in [3.05, 3.63) is 63.6 Å². The molecule has 2 aromatic carbocycles. The average Bonchev–Trinajstić information content (AvgIpc) is 2.48. The third-order valence-electron chi connectivity index (χ3n) is 3.32. The topological polar surface area (TPSA) is 47.3 Å². The second-order valence-corrected chi connectivity index (χ2v) is 5.45. The molecule has 0 saturated heterocycles. The van der Waals surface area contributed by atoms with E-state index in [0.717, 1.165) is 15.4 Å². The predicted octanol–water partition coefficient (Wildman–Crippen LogP) is 3.16. The molecule has 20 heavy (non-hydrogen) atoms. The van der Waals surface area contributed by atoms with Crippen LogP contribution in [0.3, 0.4) is 0 Å². The van der Waals surface area contributed by atoms with Gasteiger partial charge in [0.15, 0.2) is 5.65 Å². The van der Waals surface area contributed by atoms with Crippen LogP contribution in [0.25, 0.3) is 27.5 Å². The second kappa shape index (κ2) is 4.11. The van der Waals surface area contributed by atoms with Crippen LogP contribution >= 0.6 is 15.9 Å². The largest absolute Gasteiger partial charge is 0.268 e. The molecule has 0 spiro atoms. The van der Waals surface area contributed by atoms with Crippen molar-refractivity contribution >= 4 is 43.4 Å². The molecule has 0 fully saturated rings. The Labute approximate surface area is 121 Å². The highest BCUT2D eigenvalue weighted by atomic mass is 79.9. The number of rotatable bonds is 0. The molecule has 0 N–H and O–H groups in total. The lowest BCUT2D eigenvalue weighted by atomic mass is 10.2. The van der Waals surface area contributed by atoms with Crippen LogP contribution in [0.1, 0.15) is 0 Å². The van der Waals surface area contributed by atoms with Gasteiger partial charge in [-0.1, -0.05) is 28.1 Å². The molecule has 0 unspecified atom stereocenters. The van der Waals surface area contributed by atoms with Gasteiger partial charge in [0, 0.05) is 9.86 Å². The highest BCUT2D eigenvalue weighted by Crippen LogP contribution is 2.19. The summed E-state index contributed by atoms with van der Waals surface area (Å²) in [5.41, 5.74) is 2.05. The minimum atomic E-state index is -0.107. The molecule has 4 nitrogen and oxygen atoms in total. The van der Waals surface area contributed by atoms with Crippen LogP contribution in [-0.4, -0.2) is 14.4 Å². The van der Waals surface area contributed by atoms with Crippen LogP contribution in [0.15, 0.2) is 58.1 Å². The van der Waals surface area contributed by atoms with Crippen LogP contribution in [0.2, 0.25) is 0 Å². The van der Waals surface area contributed by atoms with E-state index in [1.54, 1.807) is 6.07 Å². The van der Waals surface area contributed by atoms with Crippen molar-refractivity contribution in [2.75, 3.05) is 0 Å². The number of fused-ring (bicyclic) bond motifs is 4. The van der Waals surface area contributed by atoms with Gasteiger partial charge < -0.3 is 0 Å². The first-order chi connectivity index (χ1) is 9.74. The van der Waals surface area contributed by atoms with E-state index in [1.807, 2.05) is 36.4 Å². The fourth-order valence-corrected chi connectivity index (χ4v) is 2.72. The molecular formula is C15H8BrN3O. The molecular weight excluding hydrogens is 318 g/mol. The summed E-state index contributed by atoms with van der Waals surface area (Å²) in [6.45, 7) is 0. The molecule has 2 aromatic heterocycles. The third kappa shape index (κ3) is 1.56. The van der Waals surface area contributed by atoms with E-state index in [2.05, 4.69) is 25.9 Å². The minimum Gasteiger partial charge on any atom is -0.268 e.